The van der Waals surface area contributed by atoms with Gasteiger partial charge >= 0.3 is 0 Å². The quantitative estimate of drug-likeness (QED) is 0.840. The molecule has 1 N–H and O–H groups in total. The van der Waals surface area contributed by atoms with Gasteiger partial charge in [0, 0.05) is 22.6 Å². The normalized spacial score (nSPS) is 16.5. The second-order valence-corrected chi connectivity index (χ2v) is 8.84. The summed E-state index contributed by atoms with van der Waals surface area (Å²) < 4.78 is 22.7. The lowest BCUT2D eigenvalue weighted by molar-refractivity contribution is 0.0951. The van der Waals surface area contributed by atoms with E-state index in [4.69, 9.17) is 10.7 Å². The molecular weight excluding hydrogens is 318 g/mol. The van der Waals surface area contributed by atoms with Crippen molar-refractivity contribution >= 4 is 37.0 Å². The Kier molecular flexibility index (Phi) is 5.09. The van der Waals surface area contributed by atoms with Crippen molar-refractivity contribution in [3.63, 3.8) is 0 Å². The van der Waals surface area contributed by atoms with Gasteiger partial charge in [-0.25, -0.2) is 8.42 Å². The van der Waals surface area contributed by atoms with Gasteiger partial charge in [0.05, 0.1) is 5.56 Å². The number of carbonyl (C=O) groups is 1. The molecule has 1 fully saturated rings. The Morgan fingerprint density at radius 1 is 1.45 bits per heavy atom. The standard InChI is InChI=1S/C13H18ClNO3S2/c1-9-11(8-19-13(9)20(14,17)18)12(16)15-7-6-10-4-2-3-5-10/h8,10H,2-7H2,1H3,(H,15,16). The fourth-order valence-corrected chi connectivity index (χ4v) is 5.20. The van der Waals surface area contributed by atoms with E-state index in [2.05, 4.69) is 5.32 Å². The molecule has 1 aromatic heterocycles. The second kappa shape index (κ2) is 6.45. The Morgan fingerprint density at radius 2 is 2.10 bits per heavy atom. The summed E-state index contributed by atoms with van der Waals surface area (Å²) in [5.41, 5.74) is 0.837. The zero-order chi connectivity index (χ0) is 14.8. The minimum atomic E-state index is -3.77. The zero-order valence-electron chi connectivity index (χ0n) is 11.3. The topological polar surface area (TPSA) is 63.2 Å². The highest BCUT2D eigenvalue weighted by Gasteiger charge is 2.22. The van der Waals surface area contributed by atoms with Crippen LogP contribution in [0.25, 0.3) is 0 Å². The number of amides is 1. The maximum atomic E-state index is 12.0. The van der Waals surface area contributed by atoms with E-state index < -0.39 is 9.05 Å². The van der Waals surface area contributed by atoms with Crippen molar-refractivity contribution in [1.29, 1.82) is 0 Å². The molecule has 20 heavy (non-hydrogen) atoms. The summed E-state index contributed by atoms with van der Waals surface area (Å²) >= 11 is 0.989. The molecule has 4 nitrogen and oxygen atoms in total. The van der Waals surface area contributed by atoms with Gasteiger partial charge in [-0.05, 0) is 24.8 Å². The summed E-state index contributed by atoms with van der Waals surface area (Å²) in [5, 5.41) is 4.41. The summed E-state index contributed by atoms with van der Waals surface area (Å²) in [7, 11) is 1.55. The third-order valence-corrected chi connectivity index (χ3v) is 7.08. The van der Waals surface area contributed by atoms with Crippen molar-refractivity contribution in [2.75, 3.05) is 6.54 Å². The van der Waals surface area contributed by atoms with Crippen molar-refractivity contribution in [2.45, 2.75) is 43.2 Å². The minimum Gasteiger partial charge on any atom is -0.352 e. The van der Waals surface area contributed by atoms with Gasteiger partial charge in [0.2, 0.25) is 0 Å². The predicted octanol–water partition coefficient (Wildman–Crippen LogP) is 3.29. The molecule has 0 saturated heterocycles. The molecule has 0 aromatic carbocycles. The van der Waals surface area contributed by atoms with Crippen LogP contribution in [0.1, 0.15) is 48.0 Å². The fraction of sp³-hybridized carbons (Fsp3) is 0.615. The SMILES string of the molecule is Cc1c(C(=O)NCCC2CCCC2)csc1S(=O)(=O)Cl. The molecule has 1 aliphatic carbocycles. The first kappa shape index (κ1) is 15.8. The van der Waals surface area contributed by atoms with Gasteiger partial charge in [-0.1, -0.05) is 25.7 Å². The summed E-state index contributed by atoms with van der Waals surface area (Å²) in [6.07, 6.45) is 6.08. The van der Waals surface area contributed by atoms with Crippen LogP contribution in [0.2, 0.25) is 0 Å². The Bertz CT molecular complexity index is 589. The predicted molar refractivity (Wildman–Crippen MR) is 81.0 cm³/mol. The van der Waals surface area contributed by atoms with Gasteiger partial charge in [-0.15, -0.1) is 11.3 Å². The molecule has 1 amide bonds. The molecule has 2 rings (SSSR count). The summed E-state index contributed by atoms with van der Waals surface area (Å²) in [5.74, 6) is 0.501. The molecule has 0 atom stereocenters. The van der Waals surface area contributed by atoms with Crippen LogP contribution in [0.15, 0.2) is 9.59 Å². The molecule has 0 radical (unpaired) electrons. The third-order valence-electron chi connectivity index (χ3n) is 3.77. The largest absolute Gasteiger partial charge is 0.352 e. The van der Waals surface area contributed by atoms with Crippen molar-refractivity contribution < 1.29 is 13.2 Å². The molecule has 0 spiro atoms. The molecule has 0 unspecified atom stereocenters. The molecule has 1 saturated carbocycles. The Labute approximate surface area is 127 Å². The Morgan fingerprint density at radius 3 is 2.65 bits per heavy atom. The first-order chi connectivity index (χ1) is 9.39. The molecule has 112 valence electrons. The lowest BCUT2D eigenvalue weighted by Gasteiger charge is -2.09. The number of nitrogens with one attached hydrogen (secondary N) is 1. The lowest BCUT2D eigenvalue weighted by Crippen LogP contribution is -2.25. The third kappa shape index (κ3) is 3.74. The van der Waals surface area contributed by atoms with Gasteiger partial charge in [-0.2, -0.15) is 0 Å². The van der Waals surface area contributed by atoms with E-state index in [1.807, 2.05) is 0 Å². The first-order valence-corrected chi connectivity index (χ1v) is 9.89. The van der Waals surface area contributed by atoms with Crippen LogP contribution >= 0.6 is 22.0 Å². The molecule has 0 bridgehead atoms. The first-order valence-electron chi connectivity index (χ1n) is 6.70. The molecule has 1 aromatic rings. The van der Waals surface area contributed by atoms with Crippen LogP contribution in [0.5, 0.6) is 0 Å². The smallest absolute Gasteiger partial charge is 0.271 e. The lowest BCUT2D eigenvalue weighted by atomic mass is 10.0. The van der Waals surface area contributed by atoms with Gasteiger partial charge in [-0.3, -0.25) is 4.79 Å². The summed E-state index contributed by atoms with van der Waals surface area (Å²) in [4.78, 5) is 12.0. The van der Waals surface area contributed by atoms with Crippen molar-refractivity contribution in [3.05, 3.63) is 16.5 Å². The van der Waals surface area contributed by atoms with Crippen LogP contribution < -0.4 is 5.32 Å². The molecule has 1 aliphatic rings. The summed E-state index contributed by atoms with van der Waals surface area (Å²) in [6, 6.07) is 0. The minimum absolute atomic E-state index is 0.0557. The van der Waals surface area contributed by atoms with Crippen molar-refractivity contribution in [3.8, 4) is 0 Å². The molecular formula is C13H18ClNO3S2. The number of halogens is 1. The highest BCUT2D eigenvalue weighted by molar-refractivity contribution is 8.15. The maximum absolute atomic E-state index is 12.0. The number of hydrogen-bond donors (Lipinski definition) is 1. The van der Waals surface area contributed by atoms with E-state index in [0.717, 1.165) is 23.7 Å². The maximum Gasteiger partial charge on any atom is 0.271 e. The van der Waals surface area contributed by atoms with E-state index in [1.165, 1.54) is 25.7 Å². The highest BCUT2D eigenvalue weighted by Crippen LogP contribution is 2.29. The van der Waals surface area contributed by atoms with E-state index in [1.54, 1.807) is 12.3 Å². The van der Waals surface area contributed by atoms with Gasteiger partial charge in [0.25, 0.3) is 15.0 Å². The van der Waals surface area contributed by atoms with Gasteiger partial charge in [0.15, 0.2) is 0 Å². The Balaban J connectivity index is 1.94. The zero-order valence-corrected chi connectivity index (χ0v) is 13.7. The van der Waals surface area contributed by atoms with Gasteiger partial charge in [0.1, 0.15) is 4.21 Å². The number of rotatable bonds is 5. The van der Waals surface area contributed by atoms with E-state index >= 15 is 0 Å². The number of thiophene rings is 1. The molecule has 7 heteroatoms. The fourth-order valence-electron chi connectivity index (χ4n) is 2.65. The van der Waals surface area contributed by atoms with Crippen molar-refractivity contribution in [2.24, 2.45) is 5.92 Å². The average Bonchev–Trinajstić information content (AvgIpc) is 2.97. The molecule has 0 aliphatic heterocycles. The van der Waals surface area contributed by atoms with Crippen LogP contribution in [0, 0.1) is 12.8 Å². The van der Waals surface area contributed by atoms with Crippen LogP contribution in [-0.2, 0) is 9.05 Å². The monoisotopic (exact) mass is 335 g/mol. The van der Waals surface area contributed by atoms with Crippen LogP contribution in [0.3, 0.4) is 0 Å². The molecule has 1 heterocycles. The van der Waals surface area contributed by atoms with Crippen LogP contribution in [0.4, 0.5) is 0 Å². The highest BCUT2D eigenvalue weighted by atomic mass is 35.7. The summed E-state index contributed by atoms with van der Waals surface area (Å²) in [6.45, 7) is 2.25. The van der Waals surface area contributed by atoms with Crippen molar-refractivity contribution in [1.82, 2.24) is 5.32 Å². The van der Waals surface area contributed by atoms with E-state index in [9.17, 15) is 13.2 Å². The Hall–Kier alpha value is -0.590. The van der Waals surface area contributed by atoms with Gasteiger partial charge < -0.3 is 5.32 Å². The average molecular weight is 336 g/mol. The number of hydrogen-bond acceptors (Lipinski definition) is 4. The second-order valence-electron chi connectivity index (χ2n) is 5.19. The van der Waals surface area contributed by atoms with Crippen LogP contribution in [-0.4, -0.2) is 20.9 Å². The number of carbonyl (C=O) groups excluding carboxylic acids is 1. The van der Waals surface area contributed by atoms with E-state index in [-0.39, 0.29) is 10.1 Å². The van der Waals surface area contributed by atoms with E-state index in [0.29, 0.717) is 17.7 Å².